The lowest BCUT2D eigenvalue weighted by molar-refractivity contribution is -0.118. The molecule has 0 atom stereocenters. The van der Waals surface area contributed by atoms with E-state index in [2.05, 4.69) is 5.32 Å². The van der Waals surface area contributed by atoms with Gasteiger partial charge in [0.05, 0.1) is 0 Å². The lowest BCUT2D eigenvalue weighted by Crippen LogP contribution is -2.20. The summed E-state index contributed by atoms with van der Waals surface area (Å²) in [5.41, 5.74) is 2.12. The molecule has 0 unspecified atom stereocenters. The van der Waals surface area contributed by atoms with E-state index in [4.69, 9.17) is 16.3 Å². The predicted molar refractivity (Wildman–Crippen MR) is 82.1 cm³/mol. The van der Waals surface area contributed by atoms with Crippen molar-refractivity contribution in [2.75, 3.05) is 11.9 Å². The number of carbonyl (C=O) groups is 2. The maximum absolute atomic E-state index is 11.8. The van der Waals surface area contributed by atoms with Crippen molar-refractivity contribution in [2.45, 2.75) is 6.92 Å². The summed E-state index contributed by atoms with van der Waals surface area (Å²) in [6.45, 7) is 1.77. The second-order valence-electron chi connectivity index (χ2n) is 4.49. The number of nitrogens with one attached hydrogen (secondary N) is 1. The highest BCUT2D eigenvalue weighted by atomic mass is 35.5. The third-order valence-corrected chi connectivity index (χ3v) is 3.25. The normalized spacial score (nSPS) is 10.0. The summed E-state index contributed by atoms with van der Waals surface area (Å²) in [7, 11) is 0. The van der Waals surface area contributed by atoms with Crippen molar-refractivity contribution in [3.05, 3.63) is 58.6 Å². The lowest BCUT2D eigenvalue weighted by Gasteiger charge is -2.08. The van der Waals surface area contributed by atoms with Gasteiger partial charge in [-0.2, -0.15) is 0 Å². The van der Waals surface area contributed by atoms with E-state index < -0.39 is 0 Å². The molecule has 1 amide bonds. The quantitative estimate of drug-likeness (QED) is 0.860. The van der Waals surface area contributed by atoms with E-state index >= 15 is 0 Å². The number of hydrogen-bond donors (Lipinski definition) is 1. The van der Waals surface area contributed by atoms with Crippen molar-refractivity contribution in [1.29, 1.82) is 0 Å². The molecule has 0 radical (unpaired) electrons. The highest BCUT2D eigenvalue weighted by Crippen LogP contribution is 2.20. The van der Waals surface area contributed by atoms with E-state index in [1.54, 1.807) is 36.4 Å². The second kappa shape index (κ2) is 6.90. The molecule has 0 aliphatic carbocycles. The zero-order valence-electron chi connectivity index (χ0n) is 11.4. The standard InChI is InChI=1S/C16H14ClNO3/c1-11-2-5-13(8-15(11)17)18-16(20)10-21-14-6-3-12(9-19)4-7-14/h2-9H,10H2,1H3,(H,18,20). The first-order valence-corrected chi connectivity index (χ1v) is 6.70. The summed E-state index contributed by atoms with van der Waals surface area (Å²) < 4.78 is 5.33. The van der Waals surface area contributed by atoms with Gasteiger partial charge in [-0.1, -0.05) is 17.7 Å². The van der Waals surface area contributed by atoms with Crippen LogP contribution in [-0.2, 0) is 4.79 Å². The van der Waals surface area contributed by atoms with Gasteiger partial charge in [-0.3, -0.25) is 9.59 Å². The Hall–Kier alpha value is -2.33. The van der Waals surface area contributed by atoms with Gasteiger partial charge in [0.2, 0.25) is 0 Å². The van der Waals surface area contributed by atoms with Crippen LogP contribution < -0.4 is 10.1 Å². The largest absolute Gasteiger partial charge is 0.484 e. The summed E-state index contributed by atoms with van der Waals surface area (Å²) in [6.07, 6.45) is 0.748. The molecule has 2 rings (SSSR count). The number of anilines is 1. The number of aryl methyl sites for hydroxylation is 1. The van der Waals surface area contributed by atoms with Gasteiger partial charge in [-0.25, -0.2) is 0 Å². The molecule has 0 aliphatic rings. The van der Waals surface area contributed by atoms with Gasteiger partial charge in [0.25, 0.3) is 5.91 Å². The third-order valence-electron chi connectivity index (χ3n) is 2.84. The molecule has 0 bridgehead atoms. The van der Waals surface area contributed by atoms with Gasteiger partial charge >= 0.3 is 0 Å². The van der Waals surface area contributed by atoms with Crippen LogP contribution in [0.1, 0.15) is 15.9 Å². The van der Waals surface area contributed by atoms with E-state index in [-0.39, 0.29) is 12.5 Å². The van der Waals surface area contributed by atoms with Gasteiger partial charge in [-0.15, -0.1) is 0 Å². The molecule has 0 saturated carbocycles. The van der Waals surface area contributed by atoms with E-state index in [9.17, 15) is 9.59 Å². The van der Waals surface area contributed by atoms with Crippen molar-refractivity contribution in [1.82, 2.24) is 0 Å². The number of hydrogen-bond acceptors (Lipinski definition) is 3. The molecule has 5 heteroatoms. The monoisotopic (exact) mass is 303 g/mol. The average molecular weight is 304 g/mol. The summed E-state index contributed by atoms with van der Waals surface area (Å²) in [4.78, 5) is 22.3. The SMILES string of the molecule is Cc1ccc(NC(=O)COc2ccc(C=O)cc2)cc1Cl. The number of aldehydes is 1. The van der Waals surface area contributed by atoms with Gasteiger partial charge in [0.15, 0.2) is 6.61 Å². The van der Waals surface area contributed by atoms with Crippen LogP contribution in [0, 0.1) is 6.92 Å². The second-order valence-corrected chi connectivity index (χ2v) is 4.89. The van der Waals surface area contributed by atoms with E-state index in [1.165, 1.54) is 0 Å². The molecule has 0 heterocycles. The number of halogens is 1. The Morgan fingerprint density at radius 2 is 1.95 bits per heavy atom. The Morgan fingerprint density at radius 3 is 2.57 bits per heavy atom. The first-order chi connectivity index (χ1) is 10.1. The summed E-state index contributed by atoms with van der Waals surface area (Å²) >= 11 is 5.99. The summed E-state index contributed by atoms with van der Waals surface area (Å²) in [6, 6.07) is 11.8. The molecule has 108 valence electrons. The smallest absolute Gasteiger partial charge is 0.262 e. The van der Waals surface area contributed by atoms with Crippen LogP contribution in [0.15, 0.2) is 42.5 Å². The minimum Gasteiger partial charge on any atom is -0.484 e. The minimum absolute atomic E-state index is 0.119. The predicted octanol–water partition coefficient (Wildman–Crippen LogP) is 3.48. The van der Waals surface area contributed by atoms with Crippen molar-refractivity contribution < 1.29 is 14.3 Å². The Kier molecular flexibility index (Phi) is 4.95. The van der Waals surface area contributed by atoms with Crippen LogP contribution in [0.2, 0.25) is 5.02 Å². The van der Waals surface area contributed by atoms with Crippen molar-refractivity contribution in [2.24, 2.45) is 0 Å². The molecule has 0 saturated heterocycles. The van der Waals surface area contributed by atoms with Gasteiger partial charge < -0.3 is 10.1 Å². The maximum Gasteiger partial charge on any atom is 0.262 e. The first-order valence-electron chi connectivity index (χ1n) is 6.32. The topological polar surface area (TPSA) is 55.4 Å². The fourth-order valence-electron chi connectivity index (χ4n) is 1.66. The average Bonchev–Trinajstić information content (AvgIpc) is 2.49. The number of benzene rings is 2. The number of rotatable bonds is 5. The van der Waals surface area contributed by atoms with Crippen LogP contribution in [0.5, 0.6) is 5.75 Å². The van der Waals surface area contributed by atoms with Gasteiger partial charge in [-0.05, 0) is 48.9 Å². The number of ether oxygens (including phenoxy) is 1. The molecule has 21 heavy (non-hydrogen) atoms. The minimum atomic E-state index is -0.283. The highest BCUT2D eigenvalue weighted by Gasteiger charge is 2.05. The van der Waals surface area contributed by atoms with Crippen LogP contribution in [0.4, 0.5) is 5.69 Å². The molecule has 4 nitrogen and oxygen atoms in total. The zero-order chi connectivity index (χ0) is 15.2. The Morgan fingerprint density at radius 1 is 1.24 bits per heavy atom. The fourth-order valence-corrected chi connectivity index (χ4v) is 1.84. The van der Waals surface area contributed by atoms with Crippen molar-refractivity contribution in [3.8, 4) is 5.75 Å². The maximum atomic E-state index is 11.8. The lowest BCUT2D eigenvalue weighted by atomic mass is 10.2. The van der Waals surface area contributed by atoms with Crippen LogP contribution in [0.3, 0.4) is 0 Å². The molecule has 2 aromatic rings. The van der Waals surface area contributed by atoms with E-state index in [0.29, 0.717) is 22.0 Å². The molecule has 0 spiro atoms. The molecule has 0 fully saturated rings. The van der Waals surface area contributed by atoms with Crippen LogP contribution in [-0.4, -0.2) is 18.8 Å². The van der Waals surface area contributed by atoms with E-state index in [1.807, 2.05) is 13.0 Å². The Labute approximate surface area is 127 Å². The molecule has 1 N–H and O–H groups in total. The fraction of sp³-hybridized carbons (Fsp3) is 0.125. The van der Waals surface area contributed by atoms with Crippen LogP contribution >= 0.6 is 11.6 Å². The van der Waals surface area contributed by atoms with Crippen molar-refractivity contribution >= 4 is 29.5 Å². The molecular weight excluding hydrogens is 290 g/mol. The van der Waals surface area contributed by atoms with Gasteiger partial charge in [0.1, 0.15) is 12.0 Å². The Balaban J connectivity index is 1.89. The number of carbonyl (C=O) groups excluding carboxylic acids is 2. The molecular formula is C16H14ClNO3. The molecule has 2 aromatic carbocycles. The zero-order valence-corrected chi connectivity index (χ0v) is 12.2. The van der Waals surface area contributed by atoms with Crippen molar-refractivity contribution in [3.63, 3.8) is 0 Å². The molecule has 0 aromatic heterocycles. The van der Waals surface area contributed by atoms with Gasteiger partial charge in [0, 0.05) is 16.3 Å². The highest BCUT2D eigenvalue weighted by molar-refractivity contribution is 6.31. The first kappa shape index (κ1) is 15.1. The van der Waals surface area contributed by atoms with E-state index in [0.717, 1.165) is 11.8 Å². The summed E-state index contributed by atoms with van der Waals surface area (Å²) in [5.74, 6) is 0.243. The summed E-state index contributed by atoms with van der Waals surface area (Å²) in [5, 5.41) is 3.29. The third kappa shape index (κ3) is 4.33. The number of amides is 1. The molecule has 0 aliphatic heterocycles. The van der Waals surface area contributed by atoms with Crippen LogP contribution in [0.25, 0.3) is 0 Å². The Bertz CT molecular complexity index is 653.